The van der Waals surface area contributed by atoms with Gasteiger partial charge in [-0.3, -0.25) is 9.69 Å². The van der Waals surface area contributed by atoms with Gasteiger partial charge in [-0.1, -0.05) is 30.0 Å². The van der Waals surface area contributed by atoms with Crippen LogP contribution in [0.5, 0.6) is 17.2 Å². The van der Waals surface area contributed by atoms with Crippen molar-refractivity contribution in [3.05, 3.63) is 83.0 Å². The molecule has 3 aromatic carbocycles. The fraction of sp³-hybridized carbons (Fsp3) is 0.0833. The molecule has 4 rings (SSSR count). The third-order valence-corrected chi connectivity index (χ3v) is 7.46. The third-order valence-electron chi connectivity index (χ3n) is 4.91. The number of ether oxygens (including phenoxy) is 2. The van der Waals surface area contributed by atoms with E-state index in [0.29, 0.717) is 26.2 Å². The van der Waals surface area contributed by atoms with Crippen molar-refractivity contribution >= 4 is 56.1 Å². The lowest BCUT2D eigenvalue weighted by molar-refractivity contribution is -0.113. The van der Waals surface area contributed by atoms with Crippen molar-refractivity contribution < 1.29 is 31.3 Å². The van der Waals surface area contributed by atoms with Crippen LogP contribution in [0.2, 0.25) is 0 Å². The van der Waals surface area contributed by atoms with Gasteiger partial charge in [0.05, 0.1) is 24.8 Å². The second-order valence-electron chi connectivity index (χ2n) is 7.12. The van der Waals surface area contributed by atoms with E-state index in [2.05, 4.69) is 0 Å². The van der Waals surface area contributed by atoms with Gasteiger partial charge in [-0.2, -0.15) is 8.42 Å². The topological polar surface area (TPSA) is 82.1 Å². The van der Waals surface area contributed by atoms with Gasteiger partial charge in [0.25, 0.3) is 5.91 Å². The number of rotatable bonds is 7. The highest BCUT2D eigenvalue weighted by Crippen LogP contribution is 2.38. The number of hydrogen-bond donors (Lipinski definition) is 0. The Labute approximate surface area is 211 Å². The lowest BCUT2D eigenvalue weighted by Crippen LogP contribution is -2.27. The average molecular weight is 532 g/mol. The van der Waals surface area contributed by atoms with Crippen molar-refractivity contribution in [2.75, 3.05) is 19.1 Å². The highest BCUT2D eigenvalue weighted by atomic mass is 32.2. The van der Waals surface area contributed by atoms with E-state index in [1.54, 1.807) is 43.5 Å². The van der Waals surface area contributed by atoms with Gasteiger partial charge in [0.2, 0.25) is 0 Å². The van der Waals surface area contributed by atoms with E-state index < -0.39 is 15.9 Å². The van der Waals surface area contributed by atoms with Crippen LogP contribution in [0.1, 0.15) is 5.56 Å². The Balaban J connectivity index is 1.58. The molecule has 1 fully saturated rings. The Morgan fingerprint density at radius 3 is 2.26 bits per heavy atom. The molecule has 0 unspecified atom stereocenters. The Hall–Kier alpha value is -3.41. The number of thiocarbonyl (C=S) groups is 1. The molecule has 0 N–H and O–H groups in total. The van der Waals surface area contributed by atoms with Crippen LogP contribution >= 0.6 is 24.0 Å². The first kappa shape index (κ1) is 24.7. The maximum absolute atomic E-state index is 13.1. The number of thioether (sulfide) groups is 1. The SMILES string of the molecule is COc1ccc(N2C(=O)/C(=C\c3ccc(OS(=O)(=O)c4ccc(F)cc4)c(OC)c3)SC2=S)cc1. The number of benzene rings is 3. The Kier molecular flexibility index (Phi) is 7.10. The van der Waals surface area contributed by atoms with Gasteiger partial charge >= 0.3 is 10.1 Å². The van der Waals surface area contributed by atoms with Crippen LogP contribution < -0.4 is 18.6 Å². The number of nitrogens with zero attached hydrogens (tertiary/aromatic N) is 1. The normalized spacial score (nSPS) is 14.9. The molecular weight excluding hydrogens is 513 g/mol. The second-order valence-corrected chi connectivity index (χ2v) is 10.3. The number of hydrogen-bond acceptors (Lipinski definition) is 8. The fourth-order valence-electron chi connectivity index (χ4n) is 3.18. The molecule has 1 amide bonds. The van der Waals surface area contributed by atoms with Gasteiger partial charge in [-0.15, -0.1) is 0 Å². The molecule has 1 aliphatic heterocycles. The third kappa shape index (κ3) is 5.31. The van der Waals surface area contributed by atoms with Crippen molar-refractivity contribution in [1.29, 1.82) is 0 Å². The molecule has 7 nitrogen and oxygen atoms in total. The number of methoxy groups -OCH3 is 2. The molecule has 1 heterocycles. The minimum absolute atomic E-state index is 0.0558. The maximum Gasteiger partial charge on any atom is 0.339 e. The highest BCUT2D eigenvalue weighted by Gasteiger charge is 2.33. The first-order chi connectivity index (χ1) is 16.7. The highest BCUT2D eigenvalue weighted by molar-refractivity contribution is 8.27. The van der Waals surface area contributed by atoms with Crippen molar-refractivity contribution in [1.82, 2.24) is 0 Å². The average Bonchev–Trinajstić information content (AvgIpc) is 3.12. The van der Waals surface area contributed by atoms with E-state index in [1.807, 2.05) is 0 Å². The minimum atomic E-state index is -4.21. The van der Waals surface area contributed by atoms with Gasteiger partial charge in [-0.05, 0) is 72.3 Å². The van der Waals surface area contributed by atoms with E-state index in [4.69, 9.17) is 25.9 Å². The van der Waals surface area contributed by atoms with Gasteiger partial charge < -0.3 is 13.7 Å². The van der Waals surface area contributed by atoms with E-state index in [1.165, 1.54) is 24.1 Å². The Morgan fingerprint density at radius 2 is 1.63 bits per heavy atom. The number of carbonyl (C=O) groups excluding carboxylic acids is 1. The fourth-order valence-corrected chi connectivity index (χ4v) is 5.42. The second kappa shape index (κ2) is 10.1. The molecule has 3 aromatic rings. The van der Waals surface area contributed by atoms with Crippen LogP contribution in [-0.2, 0) is 14.9 Å². The lowest BCUT2D eigenvalue weighted by Gasteiger charge is -2.14. The maximum atomic E-state index is 13.1. The van der Waals surface area contributed by atoms with Gasteiger partial charge in [0.1, 0.15) is 16.5 Å². The molecule has 0 aliphatic carbocycles. The van der Waals surface area contributed by atoms with E-state index in [-0.39, 0.29) is 22.3 Å². The summed E-state index contributed by atoms with van der Waals surface area (Å²) in [4.78, 5) is 14.6. The number of amides is 1. The van der Waals surface area contributed by atoms with Crippen LogP contribution in [0.25, 0.3) is 6.08 Å². The van der Waals surface area contributed by atoms with Gasteiger partial charge in [-0.25, -0.2) is 4.39 Å². The van der Waals surface area contributed by atoms with Gasteiger partial charge in [0.15, 0.2) is 15.8 Å². The summed E-state index contributed by atoms with van der Waals surface area (Å²) in [6.07, 6.45) is 1.63. The van der Waals surface area contributed by atoms with Crippen LogP contribution in [-0.4, -0.2) is 32.9 Å². The number of anilines is 1. The number of carbonyl (C=O) groups is 1. The van der Waals surface area contributed by atoms with E-state index >= 15 is 0 Å². The van der Waals surface area contributed by atoms with Crippen molar-refractivity contribution in [2.45, 2.75) is 4.90 Å². The molecule has 0 aromatic heterocycles. The standard InChI is InChI=1S/C24H18FNO6S3/c1-30-18-8-6-17(7-9-18)26-23(27)22(34-24(26)33)14-15-3-12-20(21(13-15)31-2)32-35(28,29)19-10-4-16(25)5-11-19/h3-14H,1-2H3/b22-14+. The van der Waals surface area contributed by atoms with Crippen molar-refractivity contribution in [3.63, 3.8) is 0 Å². The summed E-state index contributed by atoms with van der Waals surface area (Å²) < 4.78 is 54.2. The Bertz CT molecular complexity index is 1420. The summed E-state index contributed by atoms with van der Waals surface area (Å²) in [7, 11) is -1.29. The molecule has 1 aliphatic rings. The molecule has 0 spiro atoms. The molecule has 11 heteroatoms. The lowest BCUT2D eigenvalue weighted by atomic mass is 10.2. The summed E-state index contributed by atoms with van der Waals surface area (Å²) >= 11 is 6.55. The van der Waals surface area contributed by atoms with Crippen molar-refractivity contribution in [3.8, 4) is 17.2 Å². The smallest absolute Gasteiger partial charge is 0.339 e. The zero-order chi connectivity index (χ0) is 25.2. The molecule has 35 heavy (non-hydrogen) atoms. The molecule has 0 atom stereocenters. The van der Waals surface area contributed by atoms with E-state index in [9.17, 15) is 17.6 Å². The van der Waals surface area contributed by atoms with Crippen LogP contribution in [0.4, 0.5) is 10.1 Å². The predicted octanol–water partition coefficient (Wildman–Crippen LogP) is 5.02. The zero-order valence-corrected chi connectivity index (χ0v) is 20.9. The van der Waals surface area contributed by atoms with Crippen LogP contribution in [0.15, 0.2) is 76.5 Å². The summed E-state index contributed by atoms with van der Waals surface area (Å²) in [6, 6.07) is 15.8. The molecule has 0 radical (unpaired) electrons. The molecule has 1 saturated heterocycles. The largest absolute Gasteiger partial charge is 0.497 e. The predicted molar refractivity (Wildman–Crippen MR) is 136 cm³/mol. The van der Waals surface area contributed by atoms with Crippen molar-refractivity contribution in [2.24, 2.45) is 0 Å². The summed E-state index contributed by atoms with van der Waals surface area (Å²) in [5.74, 6) is -0.118. The monoisotopic (exact) mass is 531 g/mol. The Morgan fingerprint density at radius 1 is 0.943 bits per heavy atom. The minimum Gasteiger partial charge on any atom is -0.497 e. The molecular formula is C24H18FNO6S3. The molecule has 0 saturated carbocycles. The zero-order valence-electron chi connectivity index (χ0n) is 18.4. The van der Waals surface area contributed by atoms with Crippen LogP contribution in [0.3, 0.4) is 0 Å². The molecule has 180 valence electrons. The van der Waals surface area contributed by atoms with Gasteiger partial charge in [0, 0.05) is 0 Å². The first-order valence-corrected chi connectivity index (χ1v) is 12.7. The number of halogens is 1. The summed E-state index contributed by atoms with van der Waals surface area (Å²) in [5.41, 5.74) is 1.19. The molecule has 0 bridgehead atoms. The summed E-state index contributed by atoms with van der Waals surface area (Å²) in [6.45, 7) is 0. The first-order valence-electron chi connectivity index (χ1n) is 10.0. The quantitative estimate of drug-likeness (QED) is 0.239. The summed E-state index contributed by atoms with van der Waals surface area (Å²) in [5, 5.41) is 0. The van der Waals surface area contributed by atoms with Crippen LogP contribution in [0, 0.1) is 5.82 Å². The van der Waals surface area contributed by atoms with E-state index in [0.717, 1.165) is 36.0 Å².